The summed E-state index contributed by atoms with van der Waals surface area (Å²) in [6.45, 7) is 0.729. The van der Waals surface area contributed by atoms with E-state index < -0.39 is 0 Å². The molecule has 4 nitrogen and oxygen atoms in total. The van der Waals surface area contributed by atoms with Crippen LogP contribution in [0, 0.1) is 0 Å². The lowest BCUT2D eigenvalue weighted by Gasteiger charge is -2.19. The van der Waals surface area contributed by atoms with Crippen molar-refractivity contribution < 1.29 is 0 Å². The number of rotatable bonds is 3. The van der Waals surface area contributed by atoms with E-state index in [0.29, 0.717) is 5.69 Å². The second-order valence-electron chi connectivity index (χ2n) is 3.78. The Labute approximate surface area is 109 Å². The van der Waals surface area contributed by atoms with Gasteiger partial charge in [0.25, 0.3) is 0 Å². The normalized spacial score (nSPS) is 10.2. The van der Waals surface area contributed by atoms with Crippen LogP contribution in [0.1, 0.15) is 5.56 Å². The van der Waals surface area contributed by atoms with Gasteiger partial charge in [-0.05, 0) is 33.6 Å². The highest BCUT2D eigenvalue weighted by molar-refractivity contribution is 9.10. The Morgan fingerprint density at radius 3 is 2.88 bits per heavy atom. The average molecular weight is 293 g/mol. The summed E-state index contributed by atoms with van der Waals surface area (Å²) in [5.74, 6) is 0.775. The Morgan fingerprint density at radius 2 is 2.24 bits per heavy atom. The summed E-state index contributed by atoms with van der Waals surface area (Å²) in [6, 6.07) is 5.79. The number of pyridine rings is 2. The van der Waals surface area contributed by atoms with Gasteiger partial charge in [0.05, 0.1) is 5.69 Å². The van der Waals surface area contributed by atoms with E-state index >= 15 is 0 Å². The topological polar surface area (TPSA) is 55.0 Å². The third kappa shape index (κ3) is 2.94. The summed E-state index contributed by atoms with van der Waals surface area (Å²) in [4.78, 5) is 10.4. The monoisotopic (exact) mass is 292 g/mol. The summed E-state index contributed by atoms with van der Waals surface area (Å²) in [7, 11) is 1.96. The molecule has 0 aliphatic heterocycles. The number of anilines is 2. The molecule has 2 aromatic heterocycles. The molecule has 5 heteroatoms. The molecule has 0 aliphatic carbocycles. The van der Waals surface area contributed by atoms with E-state index in [2.05, 4.69) is 25.9 Å². The van der Waals surface area contributed by atoms with Crippen LogP contribution in [0.3, 0.4) is 0 Å². The van der Waals surface area contributed by atoms with Gasteiger partial charge in [0.2, 0.25) is 0 Å². The fraction of sp³-hybridized carbons (Fsp3) is 0.167. The van der Waals surface area contributed by atoms with Crippen molar-refractivity contribution >= 4 is 27.4 Å². The maximum absolute atomic E-state index is 5.93. The fourth-order valence-electron chi connectivity index (χ4n) is 1.61. The van der Waals surface area contributed by atoms with Gasteiger partial charge in [0.15, 0.2) is 5.82 Å². The van der Waals surface area contributed by atoms with Crippen LogP contribution >= 0.6 is 15.9 Å². The molecular weight excluding hydrogens is 280 g/mol. The van der Waals surface area contributed by atoms with Crippen LogP contribution in [0.15, 0.2) is 41.3 Å². The lowest BCUT2D eigenvalue weighted by Crippen LogP contribution is -2.19. The molecule has 0 bridgehead atoms. The molecular formula is C12H13BrN4. The molecule has 0 spiro atoms. The second kappa shape index (κ2) is 5.14. The van der Waals surface area contributed by atoms with Crippen molar-refractivity contribution in [3.05, 3.63) is 46.8 Å². The Hall–Kier alpha value is -1.62. The van der Waals surface area contributed by atoms with Crippen molar-refractivity contribution in [1.82, 2.24) is 9.97 Å². The van der Waals surface area contributed by atoms with E-state index in [9.17, 15) is 0 Å². The molecule has 2 N–H and O–H groups in total. The predicted molar refractivity (Wildman–Crippen MR) is 72.7 cm³/mol. The Bertz CT molecular complexity index is 501. The standard InChI is InChI=1S/C12H13BrN4/c1-17(8-9-3-2-4-15-6-9)12-11(14)5-10(13)7-16-12/h2-7H,8,14H2,1H3. The van der Waals surface area contributed by atoms with Crippen LogP contribution in [-0.4, -0.2) is 17.0 Å². The second-order valence-corrected chi connectivity index (χ2v) is 4.70. The highest BCUT2D eigenvalue weighted by atomic mass is 79.9. The summed E-state index contributed by atoms with van der Waals surface area (Å²) in [5.41, 5.74) is 7.71. The Balaban J connectivity index is 2.17. The molecule has 2 heterocycles. The summed E-state index contributed by atoms with van der Waals surface area (Å²) in [5, 5.41) is 0. The first-order valence-electron chi connectivity index (χ1n) is 5.18. The molecule has 0 fully saturated rings. The van der Waals surface area contributed by atoms with Crippen molar-refractivity contribution in [1.29, 1.82) is 0 Å². The van der Waals surface area contributed by atoms with Gasteiger partial charge in [0, 0.05) is 36.7 Å². The molecule has 17 heavy (non-hydrogen) atoms. The van der Waals surface area contributed by atoms with Gasteiger partial charge in [-0.1, -0.05) is 6.07 Å². The van der Waals surface area contributed by atoms with Crippen LogP contribution in [0.2, 0.25) is 0 Å². The van der Waals surface area contributed by atoms with Crippen LogP contribution in [0.4, 0.5) is 11.5 Å². The van der Waals surface area contributed by atoms with Gasteiger partial charge in [-0.15, -0.1) is 0 Å². The fourth-order valence-corrected chi connectivity index (χ4v) is 1.96. The molecule has 0 saturated heterocycles. The molecule has 0 radical (unpaired) electrons. The van der Waals surface area contributed by atoms with Gasteiger partial charge in [-0.2, -0.15) is 0 Å². The number of halogens is 1. The molecule has 0 atom stereocenters. The van der Waals surface area contributed by atoms with Crippen LogP contribution in [0.5, 0.6) is 0 Å². The van der Waals surface area contributed by atoms with Crippen molar-refractivity contribution in [2.75, 3.05) is 17.7 Å². The van der Waals surface area contributed by atoms with Crippen molar-refractivity contribution in [3.8, 4) is 0 Å². The van der Waals surface area contributed by atoms with Gasteiger partial charge in [-0.3, -0.25) is 4.98 Å². The maximum Gasteiger partial charge on any atom is 0.151 e. The third-order valence-corrected chi connectivity index (χ3v) is 2.80. The molecule has 88 valence electrons. The molecule has 0 aliphatic rings. The minimum atomic E-state index is 0.658. The summed E-state index contributed by atoms with van der Waals surface area (Å²) >= 11 is 3.34. The molecule has 2 aromatic rings. The Morgan fingerprint density at radius 1 is 1.41 bits per heavy atom. The minimum absolute atomic E-state index is 0.658. The first-order valence-corrected chi connectivity index (χ1v) is 5.97. The number of hydrogen-bond donors (Lipinski definition) is 1. The van der Waals surface area contributed by atoms with Gasteiger partial charge in [0.1, 0.15) is 0 Å². The van der Waals surface area contributed by atoms with E-state index in [4.69, 9.17) is 5.73 Å². The van der Waals surface area contributed by atoms with E-state index in [1.165, 1.54) is 0 Å². The molecule has 0 unspecified atom stereocenters. The number of hydrogen-bond acceptors (Lipinski definition) is 4. The molecule has 0 saturated carbocycles. The predicted octanol–water partition coefficient (Wildman–Crippen LogP) is 2.46. The highest BCUT2D eigenvalue weighted by Crippen LogP contribution is 2.23. The first kappa shape index (κ1) is 11.9. The number of nitrogens with two attached hydrogens (primary N) is 1. The lowest BCUT2D eigenvalue weighted by atomic mass is 10.2. The number of nitrogens with zero attached hydrogens (tertiary/aromatic N) is 3. The van der Waals surface area contributed by atoms with E-state index in [1.807, 2.05) is 36.3 Å². The highest BCUT2D eigenvalue weighted by Gasteiger charge is 2.07. The summed E-state index contributed by atoms with van der Waals surface area (Å²) in [6.07, 6.45) is 5.34. The quantitative estimate of drug-likeness (QED) is 0.944. The number of nitrogen functional groups attached to an aromatic ring is 1. The molecule has 0 aromatic carbocycles. The maximum atomic E-state index is 5.93. The smallest absolute Gasteiger partial charge is 0.151 e. The lowest BCUT2D eigenvalue weighted by molar-refractivity contribution is 0.893. The summed E-state index contributed by atoms with van der Waals surface area (Å²) < 4.78 is 0.883. The van der Waals surface area contributed by atoms with Gasteiger partial charge >= 0.3 is 0 Å². The van der Waals surface area contributed by atoms with E-state index in [0.717, 1.165) is 22.4 Å². The minimum Gasteiger partial charge on any atom is -0.396 e. The van der Waals surface area contributed by atoms with Gasteiger partial charge < -0.3 is 10.6 Å². The average Bonchev–Trinajstić information content (AvgIpc) is 2.30. The zero-order chi connectivity index (χ0) is 12.3. The van der Waals surface area contributed by atoms with Crippen molar-refractivity contribution in [3.63, 3.8) is 0 Å². The zero-order valence-corrected chi connectivity index (χ0v) is 11.1. The van der Waals surface area contributed by atoms with Crippen molar-refractivity contribution in [2.45, 2.75) is 6.54 Å². The third-order valence-electron chi connectivity index (χ3n) is 2.37. The van der Waals surface area contributed by atoms with Crippen molar-refractivity contribution in [2.24, 2.45) is 0 Å². The molecule has 2 rings (SSSR count). The van der Waals surface area contributed by atoms with Crippen LogP contribution in [-0.2, 0) is 6.54 Å². The van der Waals surface area contributed by atoms with Crippen LogP contribution < -0.4 is 10.6 Å². The largest absolute Gasteiger partial charge is 0.396 e. The number of aromatic nitrogens is 2. The van der Waals surface area contributed by atoms with Gasteiger partial charge in [-0.25, -0.2) is 4.98 Å². The van der Waals surface area contributed by atoms with E-state index in [1.54, 1.807) is 12.4 Å². The van der Waals surface area contributed by atoms with E-state index in [-0.39, 0.29) is 0 Å². The molecule has 0 amide bonds. The zero-order valence-electron chi connectivity index (χ0n) is 9.47. The SMILES string of the molecule is CN(Cc1cccnc1)c1ncc(Br)cc1N. The first-order chi connectivity index (χ1) is 8.16. The Kier molecular flexibility index (Phi) is 3.58. The van der Waals surface area contributed by atoms with Crippen LogP contribution in [0.25, 0.3) is 0 Å².